The van der Waals surface area contributed by atoms with Crippen molar-refractivity contribution < 1.29 is 4.74 Å². The van der Waals surface area contributed by atoms with E-state index in [0.717, 1.165) is 11.4 Å². The van der Waals surface area contributed by atoms with Gasteiger partial charge in [-0.2, -0.15) is 10.1 Å². The van der Waals surface area contributed by atoms with Gasteiger partial charge in [-0.15, -0.1) is 5.10 Å². The maximum atomic E-state index is 5.32. The molecule has 0 aliphatic carbocycles. The highest BCUT2D eigenvalue weighted by molar-refractivity contribution is 5.63. The highest BCUT2D eigenvalue weighted by atomic mass is 16.5. The van der Waals surface area contributed by atoms with Gasteiger partial charge in [-0.05, 0) is 35.7 Å². The summed E-state index contributed by atoms with van der Waals surface area (Å²) in [6.45, 7) is 4.35. The zero-order valence-corrected chi connectivity index (χ0v) is 14.5. The van der Waals surface area contributed by atoms with Gasteiger partial charge in [0.1, 0.15) is 5.75 Å². The van der Waals surface area contributed by atoms with Crippen LogP contribution in [0.2, 0.25) is 0 Å². The normalized spacial score (nSPS) is 10.6. The molecule has 0 fully saturated rings. The van der Waals surface area contributed by atoms with Gasteiger partial charge in [-0.1, -0.05) is 38.1 Å². The summed E-state index contributed by atoms with van der Waals surface area (Å²) in [6, 6.07) is 15.9. The van der Waals surface area contributed by atoms with Crippen molar-refractivity contribution in [2.24, 2.45) is 0 Å². The second-order valence-corrected chi connectivity index (χ2v) is 5.89. The molecule has 2 aromatic carbocycles. The van der Waals surface area contributed by atoms with Gasteiger partial charge in [0.25, 0.3) is 0 Å². The summed E-state index contributed by atoms with van der Waals surface area (Å²) in [7, 11) is 1.62. The Hall–Kier alpha value is -3.15. The van der Waals surface area contributed by atoms with E-state index in [1.165, 1.54) is 5.56 Å². The Morgan fingerprint density at radius 2 is 1.72 bits per heavy atom. The fourth-order valence-corrected chi connectivity index (χ4v) is 2.38. The van der Waals surface area contributed by atoms with Crippen molar-refractivity contribution in [2.45, 2.75) is 19.8 Å². The van der Waals surface area contributed by atoms with Crippen LogP contribution in [0, 0.1) is 0 Å². The summed E-state index contributed by atoms with van der Waals surface area (Å²) in [5, 5.41) is 14.4. The lowest BCUT2D eigenvalue weighted by molar-refractivity contribution is 0.417. The largest absolute Gasteiger partial charge is 0.495 e. The molecule has 0 amide bonds. The Kier molecular flexibility index (Phi) is 5.09. The summed E-state index contributed by atoms with van der Waals surface area (Å²) in [5.41, 5.74) is 3.03. The molecule has 0 radical (unpaired) electrons. The number of ether oxygens (including phenoxy) is 1. The number of para-hydroxylation sites is 2. The first-order valence-electron chi connectivity index (χ1n) is 8.12. The molecule has 2 N–H and O–H groups in total. The fourth-order valence-electron chi connectivity index (χ4n) is 2.38. The lowest BCUT2D eigenvalue weighted by Crippen LogP contribution is -2.03. The summed E-state index contributed by atoms with van der Waals surface area (Å²) < 4.78 is 5.32. The van der Waals surface area contributed by atoms with Crippen LogP contribution >= 0.6 is 0 Å². The van der Waals surface area contributed by atoms with E-state index in [2.05, 4.69) is 51.8 Å². The minimum atomic E-state index is 0.397. The molecule has 25 heavy (non-hydrogen) atoms. The van der Waals surface area contributed by atoms with E-state index in [-0.39, 0.29) is 0 Å². The van der Waals surface area contributed by atoms with E-state index in [9.17, 15) is 0 Å². The first kappa shape index (κ1) is 16.7. The standard InChI is InChI=1S/C19H21N5O/c1-13(2)14-8-10-15(11-9-14)21-18-12-20-24-19(23-18)22-16-6-4-5-7-17(16)25-3/h4-13H,1-3H3,(H2,21,22,23,24). The van der Waals surface area contributed by atoms with E-state index >= 15 is 0 Å². The number of methoxy groups -OCH3 is 1. The van der Waals surface area contributed by atoms with Crippen LogP contribution in [0.25, 0.3) is 0 Å². The van der Waals surface area contributed by atoms with Crippen molar-refractivity contribution in [1.29, 1.82) is 0 Å². The third-order valence-corrected chi connectivity index (χ3v) is 3.76. The van der Waals surface area contributed by atoms with Crippen LogP contribution < -0.4 is 15.4 Å². The summed E-state index contributed by atoms with van der Waals surface area (Å²) in [5.74, 6) is 2.23. The SMILES string of the molecule is COc1ccccc1Nc1nncc(Nc2ccc(C(C)C)cc2)n1. The number of rotatable bonds is 6. The van der Waals surface area contributed by atoms with Gasteiger partial charge in [-0.25, -0.2) is 0 Å². The van der Waals surface area contributed by atoms with E-state index in [1.54, 1.807) is 13.3 Å². The van der Waals surface area contributed by atoms with Gasteiger partial charge >= 0.3 is 0 Å². The lowest BCUT2D eigenvalue weighted by Gasteiger charge is -2.11. The van der Waals surface area contributed by atoms with Gasteiger partial charge in [0, 0.05) is 5.69 Å². The molecule has 0 saturated carbocycles. The van der Waals surface area contributed by atoms with Crippen molar-refractivity contribution in [3.63, 3.8) is 0 Å². The van der Waals surface area contributed by atoms with Gasteiger partial charge in [0.15, 0.2) is 5.82 Å². The van der Waals surface area contributed by atoms with Crippen molar-refractivity contribution >= 4 is 23.1 Å². The molecule has 128 valence electrons. The summed E-state index contributed by atoms with van der Waals surface area (Å²) >= 11 is 0. The molecule has 0 aliphatic heterocycles. The number of hydrogen-bond donors (Lipinski definition) is 2. The molecule has 0 bridgehead atoms. The third-order valence-electron chi connectivity index (χ3n) is 3.76. The minimum Gasteiger partial charge on any atom is -0.495 e. The molecule has 0 aliphatic rings. The number of nitrogens with zero attached hydrogens (tertiary/aromatic N) is 3. The molecule has 0 unspecified atom stereocenters. The zero-order valence-electron chi connectivity index (χ0n) is 14.5. The molecule has 0 saturated heterocycles. The number of aromatic nitrogens is 3. The molecule has 3 aromatic rings. The van der Waals surface area contributed by atoms with Crippen LogP contribution in [-0.4, -0.2) is 22.3 Å². The quantitative estimate of drug-likeness (QED) is 0.691. The van der Waals surface area contributed by atoms with Crippen LogP contribution in [0.15, 0.2) is 54.7 Å². The van der Waals surface area contributed by atoms with Crippen molar-refractivity contribution in [2.75, 3.05) is 17.7 Å². The Morgan fingerprint density at radius 3 is 2.44 bits per heavy atom. The van der Waals surface area contributed by atoms with Crippen molar-refractivity contribution in [1.82, 2.24) is 15.2 Å². The highest BCUT2D eigenvalue weighted by Crippen LogP contribution is 2.26. The first-order valence-corrected chi connectivity index (χ1v) is 8.12. The van der Waals surface area contributed by atoms with Crippen molar-refractivity contribution in [3.05, 3.63) is 60.3 Å². The molecule has 6 heteroatoms. The second-order valence-electron chi connectivity index (χ2n) is 5.89. The minimum absolute atomic E-state index is 0.397. The van der Waals surface area contributed by atoms with Crippen molar-refractivity contribution in [3.8, 4) is 5.75 Å². The second kappa shape index (κ2) is 7.61. The first-order chi connectivity index (χ1) is 12.2. The molecule has 6 nitrogen and oxygen atoms in total. The van der Waals surface area contributed by atoms with Crippen LogP contribution in [-0.2, 0) is 0 Å². The Balaban J connectivity index is 1.75. The molecule has 1 aromatic heterocycles. The van der Waals surface area contributed by atoms with Gasteiger partial charge < -0.3 is 15.4 Å². The Bertz CT molecular complexity index is 833. The fraction of sp³-hybridized carbons (Fsp3) is 0.211. The number of anilines is 4. The van der Waals surface area contributed by atoms with Crippen LogP contribution in [0.1, 0.15) is 25.3 Å². The Labute approximate surface area is 147 Å². The lowest BCUT2D eigenvalue weighted by atomic mass is 10.0. The number of hydrogen-bond acceptors (Lipinski definition) is 6. The smallest absolute Gasteiger partial charge is 0.249 e. The Morgan fingerprint density at radius 1 is 0.960 bits per heavy atom. The highest BCUT2D eigenvalue weighted by Gasteiger charge is 2.06. The predicted octanol–water partition coefficient (Wildman–Crippen LogP) is 4.49. The number of benzene rings is 2. The van der Waals surface area contributed by atoms with Crippen LogP contribution in [0.5, 0.6) is 5.75 Å². The topological polar surface area (TPSA) is 72.0 Å². The van der Waals surface area contributed by atoms with Crippen LogP contribution in [0.4, 0.5) is 23.1 Å². The number of nitrogens with one attached hydrogen (secondary N) is 2. The maximum absolute atomic E-state index is 5.32. The molecule has 0 spiro atoms. The van der Waals surface area contributed by atoms with Gasteiger partial charge in [0.2, 0.25) is 5.95 Å². The van der Waals surface area contributed by atoms with E-state index < -0.39 is 0 Å². The summed E-state index contributed by atoms with van der Waals surface area (Å²) in [6.07, 6.45) is 1.59. The maximum Gasteiger partial charge on any atom is 0.249 e. The van der Waals surface area contributed by atoms with E-state index in [0.29, 0.717) is 23.4 Å². The van der Waals surface area contributed by atoms with Gasteiger partial charge in [-0.3, -0.25) is 0 Å². The molecular weight excluding hydrogens is 314 g/mol. The summed E-state index contributed by atoms with van der Waals surface area (Å²) in [4.78, 5) is 4.44. The van der Waals surface area contributed by atoms with Crippen LogP contribution in [0.3, 0.4) is 0 Å². The average molecular weight is 335 g/mol. The monoisotopic (exact) mass is 335 g/mol. The van der Waals surface area contributed by atoms with E-state index in [4.69, 9.17) is 4.74 Å². The van der Waals surface area contributed by atoms with E-state index in [1.807, 2.05) is 36.4 Å². The molecular formula is C19H21N5O. The average Bonchev–Trinajstić information content (AvgIpc) is 2.63. The molecule has 1 heterocycles. The molecule has 3 rings (SSSR count). The molecule has 0 atom stereocenters. The zero-order chi connectivity index (χ0) is 17.6. The third kappa shape index (κ3) is 4.23. The predicted molar refractivity (Wildman–Crippen MR) is 99.9 cm³/mol. The van der Waals surface area contributed by atoms with Gasteiger partial charge in [0.05, 0.1) is 19.0 Å².